The van der Waals surface area contributed by atoms with E-state index in [9.17, 15) is 26.4 Å². The molecule has 5 nitrogen and oxygen atoms in total. The van der Waals surface area contributed by atoms with Gasteiger partial charge < -0.3 is 5.32 Å². The van der Waals surface area contributed by atoms with Crippen molar-refractivity contribution in [3.8, 4) is 0 Å². The Balaban J connectivity index is 2.17. The molecule has 23 heavy (non-hydrogen) atoms. The lowest BCUT2D eigenvalue weighted by molar-refractivity contribution is -0.137. The van der Waals surface area contributed by atoms with Gasteiger partial charge in [0.15, 0.2) is 0 Å². The van der Waals surface area contributed by atoms with E-state index in [1.165, 1.54) is 6.07 Å². The third-order valence-electron chi connectivity index (χ3n) is 3.24. The fourth-order valence-electron chi connectivity index (χ4n) is 2.07. The normalized spacial score (nSPS) is 15.7. The summed E-state index contributed by atoms with van der Waals surface area (Å²) in [4.78, 5) is 11.9. The van der Waals surface area contributed by atoms with E-state index in [2.05, 4.69) is 5.32 Å². The highest BCUT2D eigenvalue weighted by Gasteiger charge is 2.37. The lowest BCUT2D eigenvalue weighted by atomic mass is 10.1. The van der Waals surface area contributed by atoms with Crippen LogP contribution in [0.3, 0.4) is 0 Å². The maximum atomic E-state index is 13.0. The standard InChI is InChI=1S/C13H14ClF3N2O3S/c1-23(21,22)19(9-3-4-9)7-12(20)18-11-5-2-8(14)6-10(11)13(15,16)17/h2,5-6,9H,3-4,7H2,1H3,(H,18,20). The monoisotopic (exact) mass is 370 g/mol. The van der Waals surface area contributed by atoms with E-state index < -0.39 is 39.9 Å². The van der Waals surface area contributed by atoms with Gasteiger partial charge in [0.05, 0.1) is 24.1 Å². The van der Waals surface area contributed by atoms with Crippen LogP contribution in [0.25, 0.3) is 0 Å². The molecule has 1 aliphatic rings. The Labute approximate surface area is 136 Å². The molecule has 0 unspecified atom stereocenters. The van der Waals surface area contributed by atoms with Crippen molar-refractivity contribution in [1.29, 1.82) is 0 Å². The summed E-state index contributed by atoms with van der Waals surface area (Å²) in [6.07, 6.45) is -2.47. The maximum absolute atomic E-state index is 13.0. The number of sulfonamides is 1. The van der Waals surface area contributed by atoms with Gasteiger partial charge in [-0.1, -0.05) is 11.6 Å². The minimum absolute atomic E-state index is 0.119. The number of hydrogen-bond acceptors (Lipinski definition) is 3. The Kier molecular flexibility index (Phi) is 4.93. The summed E-state index contributed by atoms with van der Waals surface area (Å²) in [7, 11) is -3.61. The van der Waals surface area contributed by atoms with Crippen LogP contribution in [0.1, 0.15) is 18.4 Å². The molecule has 1 fully saturated rings. The van der Waals surface area contributed by atoms with Gasteiger partial charge >= 0.3 is 6.18 Å². The molecule has 0 aliphatic heterocycles. The predicted octanol–water partition coefficient (Wildman–Crippen LogP) is 2.72. The van der Waals surface area contributed by atoms with E-state index in [-0.39, 0.29) is 11.1 Å². The minimum Gasteiger partial charge on any atom is -0.324 e. The van der Waals surface area contributed by atoms with Gasteiger partial charge in [-0.2, -0.15) is 17.5 Å². The number of hydrogen-bond donors (Lipinski definition) is 1. The molecular weight excluding hydrogens is 357 g/mol. The van der Waals surface area contributed by atoms with Crippen LogP contribution in [0.4, 0.5) is 18.9 Å². The van der Waals surface area contributed by atoms with E-state index in [0.717, 1.165) is 16.6 Å². The molecule has 0 heterocycles. The summed E-state index contributed by atoms with van der Waals surface area (Å²) in [6.45, 7) is -0.524. The number of halogens is 4. The Morgan fingerprint density at radius 1 is 1.39 bits per heavy atom. The molecule has 0 bridgehead atoms. The number of anilines is 1. The highest BCUT2D eigenvalue weighted by atomic mass is 35.5. The van der Waals surface area contributed by atoms with Crippen LogP contribution in [0.5, 0.6) is 0 Å². The molecule has 1 N–H and O–H groups in total. The number of rotatable bonds is 5. The fraction of sp³-hybridized carbons (Fsp3) is 0.462. The lowest BCUT2D eigenvalue weighted by Gasteiger charge is -2.20. The predicted molar refractivity (Wildman–Crippen MR) is 79.7 cm³/mol. The molecule has 0 atom stereocenters. The van der Waals surface area contributed by atoms with Crippen molar-refractivity contribution in [2.75, 3.05) is 18.1 Å². The van der Waals surface area contributed by atoms with Gasteiger partial charge in [0.2, 0.25) is 15.9 Å². The minimum atomic E-state index is -4.69. The highest BCUT2D eigenvalue weighted by Crippen LogP contribution is 2.36. The van der Waals surface area contributed by atoms with E-state index in [1.807, 2.05) is 0 Å². The topological polar surface area (TPSA) is 66.5 Å². The van der Waals surface area contributed by atoms with Crippen LogP contribution >= 0.6 is 11.6 Å². The maximum Gasteiger partial charge on any atom is 0.418 e. The molecule has 1 saturated carbocycles. The van der Waals surface area contributed by atoms with E-state index >= 15 is 0 Å². The van der Waals surface area contributed by atoms with Crippen LogP contribution in [0.2, 0.25) is 5.02 Å². The van der Waals surface area contributed by atoms with Crippen molar-refractivity contribution in [3.63, 3.8) is 0 Å². The molecule has 1 amide bonds. The second kappa shape index (κ2) is 6.29. The summed E-state index contributed by atoms with van der Waals surface area (Å²) < 4.78 is 63.1. The zero-order chi connectivity index (χ0) is 17.4. The van der Waals surface area contributed by atoms with Crippen LogP contribution in [0.15, 0.2) is 18.2 Å². The van der Waals surface area contributed by atoms with Crippen LogP contribution in [-0.4, -0.2) is 37.5 Å². The number of alkyl halides is 3. The first-order valence-electron chi connectivity index (χ1n) is 6.62. The van der Waals surface area contributed by atoms with E-state index in [4.69, 9.17) is 11.6 Å². The number of carbonyl (C=O) groups is 1. The Hall–Kier alpha value is -1.32. The number of nitrogens with zero attached hydrogens (tertiary/aromatic N) is 1. The lowest BCUT2D eigenvalue weighted by Crippen LogP contribution is -2.39. The quantitative estimate of drug-likeness (QED) is 0.866. The van der Waals surface area contributed by atoms with Gasteiger partial charge in [-0.25, -0.2) is 8.42 Å². The third-order valence-corrected chi connectivity index (χ3v) is 4.75. The number of nitrogens with one attached hydrogen (secondary N) is 1. The third kappa shape index (κ3) is 4.82. The smallest absolute Gasteiger partial charge is 0.324 e. The fourth-order valence-corrected chi connectivity index (χ4v) is 3.35. The van der Waals surface area contributed by atoms with Crippen molar-refractivity contribution >= 4 is 33.2 Å². The largest absolute Gasteiger partial charge is 0.418 e. The van der Waals surface area contributed by atoms with Crippen LogP contribution < -0.4 is 5.32 Å². The molecule has 10 heteroatoms. The molecule has 1 aromatic rings. The molecule has 1 aliphatic carbocycles. The first kappa shape index (κ1) is 18.0. The Bertz CT molecular complexity index is 718. The van der Waals surface area contributed by atoms with Crippen LogP contribution in [0, 0.1) is 0 Å². The van der Waals surface area contributed by atoms with Gasteiger partial charge in [0, 0.05) is 11.1 Å². The number of benzene rings is 1. The molecule has 0 spiro atoms. The van der Waals surface area contributed by atoms with Crippen molar-refractivity contribution < 1.29 is 26.4 Å². The molecule has 0 saturated heterocycles. The molecule has 128 valence electrons. The summed E-state index contributed by atoms with van der Waals surface area (Å²) in [5.74, 6) is -0.838. The van der Waals surface area contributed by atoms with Crippen molar-refractivity contribution in [2.45, 2.75) is 25.1 Å². The van der Waals surface area contributed by atoms with Crippen LogP contribution in [-0.2, 0) is 21.0 Å². The molecule has 0 radical (unpaired) electrons. The van der Waals surface area contributed by atoms with Gasteiger partial charge in [0.25, 0.3) is 0 Å². The number of amides is 1. The zero-order valence-electron chi connectivity index (χ0n) is 12.0. The average Bonchev–Trinajstić information content (AvgIpc) is 3.20. The molecule has 0 aromatic heterocycles. The number of carbonyl (C=O) groups excluding carboxylic acids is 1. The molecule has 1 aromatic carbocycles. The Morgan fingerprint density at radius 3 is 2.48 bits per heavy atom. The van der Waals surface area contributed by atoms with Crippen molar-refractivity contribution in [3.05, 3.63) is 28.8 Å². The van der Waals surface area contributed by atoms with Crippen molar-refractivity contribution in [2.24, 2.45) is 0 Å². The first-order valence-corrected chi connectivity index (χ1v) is 8.84. The first-order chi connectivity index (χ1) is 10.5. The summed E-state index contributed by atoms with van der Waals surface area (Å²) >= 11 is 5.55. The Morgan fingerprint density at radius 2 is 2.00 bits per heavy atom. The van der Waals surface area contributed by atoms with Gasteiger partial charge in [-0.05, 0) is 31.0 Å². The molecular formula is C13H14ClF3N2O3S. The second-order valence-corrected chi connectivity index (χ2v) is 7.65. The van der Waals surface area contributed by atoms with Gasteiger partial charge in [0.1, 0.15) is 0 Å². The van der Waals surface area contributed by atoms with Gasteiger partial charge in [-0.3, -0.25) is 4.79 Å². The summed E-state index contributed by atoms with van der Waals surface area (Å²) in [5.41, 5.74) is -1.55. The molecule has 2 rings (SSSR count). The van der Waals surface area contributed by atoms with Gasteiger partial charge in [-0.15, -0.1) is 0 Å². The summed E-state index contributed by atoms with van der Waals surface area (Å²) in [5, 5.41) is 1.99. The second-order valence-electron chi connectivity index (χ2n) is 5.28. The zero-order valence-corrected chi connectivity index (χ0v) is 13.6. The van der Waals surface area contributed by atoms with Crippen molar-refractivity contribution in [1.82, 2.24) is 4.31 Å². The average molecular weight is 371 g/mol. The highest BCUT2D eigenvalue weighted by molar-refractivity contribution is 7.88. The summed E-state index contributed by atoms with van der Waals surface area (Å²) in [6, 6.07) is 2.68. The van der Waals surface area contributed by atoms with E-state index in [1.54, 1.807) is 0 Å². The van der Waals surface area contributed by atoms with E-state index in [0.29, 0.717) is 18.9 Å². The SMILES string of the molecule is CS(=O)(=O)N(CC(=O)Nc1ccc(Cl)cc1C(F)(F)F)C1CC1.